The standard InChI is InChI=1S/C20H24N4O/c1-25-18-9-7-16(8-10-18)11-14-23-12-4-5-17(15-23)20-22-21-19-6-2-3-13-24(19)20/h2-3,6-10,13,17H,4-5,11-12,14-15H2,1H3. The molecule has 1 saturated heterocycles. The summed E-state index contributed by atoms with van der Waals surface area (Å²) in [6, 6.07) is 14.5. The second kappa shape index (κ2) is 7.23. The van der Waals surface area contributed by atoms with Crippen LogP contribution in [-0.2, 0) is 6.42 Å². The first-order valence-electron chi connectivity index (χ1n) is 8.98. The van der Waals surface area contributed by atoms with E-state index in [1.807, 2.05) is 30.3 Å². The van der Waals surface area contributed by atoms with Crippen molar-refractivity contribution in [3.63, 3.8) is 0 Å². The number of methoxy groups -OCH3 is 1. The number of fused-ring (bicyclic) bond motifs is 1. The van der Waals surface area contributed by atoms with E-state index in [1.165, 1.54) is 24.9 Å². The van der Waals surface area contributed by atoms with Gasteiger partial charge in [0.15, 0.2) is 5.65 Å². The summed E-state index contributed by atoms with van der Waals surface area (Å²) in [5.41, 5.74) is 2.30. The second-order valence-electron chi connectivity index (χ2n) is 6.72. The number of pyridine rings is 1. The van der Waals surface area contributed by atoms with Crippen LogP contribution in [0.2, 0.25) is 0 Å². The Morgan fingerprint density at radius 3 is 2.84 bits per heavy atom. The molecule has 1 aromatic carbocycles. The van der Waals surface area contributed by atoms with Gasteiger partial charge in [0.1, 0.15) is 11.6 Å². The zero-order chi connectivity index (χ0) is 17.1. The average Bonchev–Trinajstić information content (AvgIpc) is 3.11. The van der Waals surface area contributed by atoms with Crippen LogP contribution >= 0.6 is 0 Å². The number of benzene rings is 1. The lowest BCUT2D eigenvalue weighted by atomic mass is 9.96. The predicted molar refractivity (Wildman–Crippen MR) is 98.1 cm³/mol. The molecule has 0 spiro atoms. The Labute approximate surface area is 148 Å². The highest BCUT2D eigenvalue weighted by Crippen LogP contribution is 2.26. The van der Waals surface area contributed by atoms with Gasteiger partial charge < -0.3 is 9.64 Å². The maximum Gasteiger partial charge on any atom is 0.160 e. The molecule has 25 heavy (non-hydrogen) atoms. The lowest BCUT2D eigenvalue weighted by Crippen LogP contribution is -2.36. The van der Waals surface area contributed by atoms with Crippen LogP contribution in [0, 0.1) is 0 Å². The number of likely N-dealkylation sites (tertiary alicyclic amines) is 1. The summed E-state index contributed by atoms with van der Waals surface area (Å²) < 4.78 is 7.37. The second-order valence-corrected chi connectivity index (χ2v) is 6.72. The fraction of sp³-hybridized carbons (Fsp3) is 0.400. The first-order valence-corrected chi connectivity index (χ1v) is 8.98. The van der Waals surface area contributed by atoms with Crippen molar-refractivity contribution < 1.29 is 4.74 Å². The summed E-state index contributed by atoms with van der Waals surface area (Å²) >= 11 is 0. The summed E-state index contributed by atoms with van der Waals surface area (Å²) in [7, 11) is 1.71. The molecule has 2 aromatic heterocycles. The van der Waals surface area contributed by atoms with Crippen molar-refractivity contribution in [3.8, 4) is 5.75 Å². The van der Waals surface area contributed by atoms with E-state index in [0.29, 0.717) is 5.92 Å². The summed E-state index contributed by atoms with van der Waals surface area (Å²) in [5.74, 6) is 2.48. The molecule has 3 heterocycles. The smallest absolute Gasteiger partial charge is 0.160 e. The highest BCUT2D eigenvalue weighted by molar-refractivity contribution is 5.37. The highest BCUT2D eigenvalue weighted by atomic mass is 16.5. The van der Waals surface area contributed by atoms with E-state index in [4.69, 9.17) is 4.74 Å². The van der Waals surface area contributed by atoms with Gasteiger partial charge in [-0.15, -0.1) is 10.2 Å². The maximum atomic E-state index is 5.23. The Morgan fingerprint density at radius 2 is 2.00 bits per heavy atom. The van der Waals surface area contributed by atoms with E-state index in [9.17, 15) is 0 Å². The van der Waals surface area contributed by atoms with Gasteiger partial charge >= 0.3 is 0 Å². The summed E-state index contributed by atoms with van der Waals surface area (Å²) in [4.78, 5) is 2.56. The van der Waals surface area contributed by atoms with Crippen LogP contribution in [0.25, 0.3) is 5.65 Å². The van der Waals surface area contributed by atoms with Crippen LogP contribution in [0.5, 0.6) is 5.75 Å². The lowest BCUT2D eigenvalue weighted by molar-refractivity contribution is 0.206. The zero-order valence-electron chi connectivity index (χ0n) is 14.6. The van der Waals surface area contributed by atoms with Gasteiger partial charge in [-0.25, -0.2) is 0 Å². The molecule has 5 nitrogen and oxygen atoms in total. The van der Waals surface area contributed by atoms with E-state index < -0.39 is 0 Å². The Hall–Kier alpha value is -2.40. The quantitative estimate of drug-likeness (QED) is 0.718. The van der Waals surface area contributed by atoms with Crippen molar-refractivity contribution >= 4 is 5.65 Å². The van der Waals surface area contributed by atoms with Gasteiger partial charge in [0.25, 0.3) is 0 Å². The number of ether oxygens (including phenoxy) is 1. The molecule has 1 aliphatic rings. The lowest BCUT2D eigenvalue weighted by Gasteiger charge is -2.31. The topological polar surface area (TPSA) is 42.7 Å². The van der Waals surface area contributed by atoms with Crippen molar-refractivity contribution in [1.82, 2.24) is 19.5 Å². The molecule has 5 heteroatoms. The van der Waals surface area contributed by atoms with Crippen molar-refractivity contribution in [2.75, 3.05) is 26.7 Å². The van der Waals surface area contributed by atoms with Crippen LogP contribution in [-0.4, -0.2) is 46.2 Å². The Morgan fingerprint density at radius 1 is 1.12 bits per heavy atom. The SMILES string of the molecule is COc1ccc(CCN2CCCC(c3nnc4ccccn34)C2)cc1. The molecule has 0 amide bonds. The molecule has 0 N–H and O–H groups in total. The van der Waals surface area contributed by atoms with Crippen molar-refractivity contribution in [2.24, 2.45) is 0 Å². The van der Waals surface area contributed by atoms with E-state index in [2.05, 4.69) is 37.8 Å². The molecule has 1 unspecified atom stereocenters. The van der Waals surface area contributed by atoms with Gasteiger partial charge in [-0.3, -0.25) is 4.40 Å². The van der Waals surface area contributed by atoms with Gasteiger partial charge in [-0.05, 0) is 55.6 Å². The molecule has 0 saturated carbocycles. The van der Waals surface area contributed by atoms with Crippen LogP contribution in [0.4, 0.5) is 0 Å². The molecule has 1 aliphatic heterocycles. The third kappa shape index (κ3) is 3.51. The molecule has 0 aliphatic carbocycles. The van der Waals surface area contributed by atoms with Crippen molar-refractivity contribution in [1.29, 1.82) is 0 Å². The fourth-order valence-electron chi connectivity index (χ4n) is 3.69. The zero-order valence-corrected chi connectivity index (χ0v) is 14.6. The minimum atomic E-state index is 0.460. The number of nitrogens with zero attached hydrogens (tertiary/aromatic N) is 4. The van der Waals surface area contributed by atoms with Crippen LogP contribution in [0.3, 0.4) is 0 Å². The molecule has 3 aromatic rings. The molecular formula is C20H24N4O. The van der Waals surface area contributed by atoms with Gasteiger partial charge in [0.2, 0.25) is 0 Å². The third-order valence-corrected chi connectivity index (χ3v) is 5.09. The molecule has 0 bridgehead atoms. The molecule has 4 rings (SSSR count). The highest BCUT2D eigenvalue weighted by Gasteiger charge is 2.24. The molecule has 1 atom stereocenters. The van der Waals surface area contributed by atoms with E-state index in [-0.39, 0.29) is 0 Å². The molecule has 130 valence electrons. The summed E-state index contributed by atoms with van der Waals surface area (Å²) in [6.45, 7) is 3.31. The molecule has 1 fully saturated rings. The summed E-state index contributed by atoms with van der Waals surface area (Å²) in [6.07, 6.45) is 5.54. The third-order valence-electron chi connectivity index (χ3n) is 5.09. The monoisotopic (exact) mass is 336 g/mol. The van der Waals surface area contributed by atoms with E-state index in [0.717, 1.165) is 36.7 Å². The Balaban J connectivity index is 1.40. The average molecular weight is 336 g/mol. The number of hydrogen-bond donors (Lipinski definition) is 0. The van der Waals surface area contributed by atoms with Crippen molar-refractivity contribution in [2.45, 2.75) is 25.2 Å². The first kappa shape index (κ1) is 16.1. The minimum absolute atomic E-state index is 0.460. The van der Waals surface area contributed by atoms with Crippen LogP contribution in [0.1, 0.15) is 30.1 Å². The normalized spacial score (nSPS) is 18.5. The van der Waals surface area contributed by atoms with Gasteiger partial charge in [0.05, 0.1) is 7.11 Å². The Kier molecular flexibility index (Phi) is 4.65. The van der Waals surface area contributed by atoms with Crippen molar-refractivity contribution in [3.05, 3.63) is 60.0 Å². The molecular weight excluding hydrogens is 312 g/mol. The summed E-state index contributed by atoms with van der Waals surface area (Å²) in [5, 5.41) is 8.77. The van der Waals surface area contributed by atoms with Gasteiger partial charge in [-0.1, -0.05) is 18.2 Å². The number of piperidine rings is 1. The largest absolute Gasteiger partial charge is 0.497 e. The number of hydrogen-bond acceptors (Lipinski definition) is 4. The Bertz CT molecular complexity index is 827. The predicted octanol–water partition coefficient (Wildman–Crippen LogP) is 3.16. The van der Waals surface area contributed by atoms with Gasteiger partial charge in [-0.2, -0.15) is 0 Å². The van der Waals surface area contributed by atoms with E-state index in [1.54, 1.807) is 7.11 Å². The maximum absolute atomic E-state index is 5.23. The number of aromatic nitrogens is 3. The number of rotatable bonds is 5. The first-order chi connectivity index (χ1) is 12.3. The minimum Gasteiger partial charge on any atom is -0.497 e. The van der Waals surface area contributed by atoms with Gasteiger partial charge in [0, 0.05) is 25.2 Å². The van der Waals surface area contributed by atoms with Crippen LogP contribution < -0.4 is 4.74 Å². The fourth-order valence-corrected chi connectivity index (χ4v) is 3.69. The van der Waals surface area contributed by atoms with Crippen LogP contribution in [0.15, 0.2) is 48.7 Å². The van der Waals surface area contributed by atoms with E-state index >= 15 is 0 Å². The molecule has 0 radical (unpaired) electrons.